The lowest BCUT2D eigenvalue weighted by Gasteiger charge is -2.09. The van der Waals surface area contributed by atoms with Crippen molar-refractivity contribution in [1.82, 2.24) is 21.1 Å². The van der Waals surface area contributed by atoms with Crippen LogP contribution < -0.4 is 16.1 Å². The Balaban J connectivity index is 2.50. The molecular formula is C9H16N6O5. The van der Waals surface area contributed by atoms with E-state index in [1.165, 1.54) is 7.05 Å². The van der Waals surface area contributed by atoms with Gasteiger partial charge in [0.15, 0.2) is 11.5 Å². The minimum atomic E-state index is -1.01. The lowest BCUT2D eigenvalue weighted by Crippen LogP contribution is -2.37. The van der Waals surface area contributed by atoms with Crippen LogP contribution in [0.2, 0.25) is 0 Å². The molecule has 20 heavy (non-hydrogen) atoms. The standard InChI is InChI=1S/C9H16N6O5/c1-10-8(13-19)7-9(15-20-14-7)12-3-6(18)11-2-5(17)4-16/h5,16-17,19H,2-4H2,1H3,(H,10,13)(H,11,18)(H,12,15). The number of amides is 1. The molecule has 112 valence electrons. The summed E-state index contributed by atoms with van der Waals surface area (Å²) in [5, 5.41) is 38.5. The zero-order chi connectivity index (χ0) is 15.0. The highest BCUT2D eigenvalue weighted by molar-refractivity contribution is 6.00. The van der Waals surface area contributed by atoms with Crippen LogP contribution in [0.15, 0.2) is 9.62 Å². The van der Waals surface area contributed by atoms with Gasteiger partial charge < -0.3 is 20.8 Å². The van der Waals surface area contributed by atoms with Crippen LogP contribution in [0.4, 0.5) is 5.82 Å². The van der Waals surface area contributed by atoms with Gasteiger partial charge in [-0.05, 0) is 10.3 Å². The SMILES string of the molecule is CN=C(NO)c1nonc1NCC(=O)NCC(O)CO. The number of carbonyl (C=O) groups is 1. The van der Waals surface area contributed by atoms with Gasteiger partial charge in [-0.25, -0.2) is 4.63 Å². The molecule has 0 aliphatic carbocycles. The maximum atomic E-state index is 11.4. The summed E-state index contributed by atoms with van der Waals surface area (Å²) < 4.78 is 4.48. The number of nitrogens with zero attached hydrogens (tertiary/aromatic N) is 3. The number of aliphatic hydroxyl groups excluding tert-OH is 2. The summed E-state index contributed by atoms with van der Waals surface area (Å²) >= 11 is 0. The van der Waals surface area contributed by atoms with Crippen LogP contribution in [-0.4, -0.2) is 70.3 Å². The Morgan fingerprint density at radius 1 is 1.50 bits per heavy atom. The highest BCUT2D eigenvalue weighted by Crippen LogP contribution is 2.08. The molecule has 1 unspecified atom stereocenters. The Kier molecular flexibility index (Phi) is 6.36. The number of carbonyl (C=O) groups excluding carboxylic acids is 1. The number of hydrogen-bond donors (Lipinski definition) is 6. The second-order valence-electron chi connectivity index (χ2n) is 3.64. The van der Waals surface area contributed by atoms with Crippen molar-refractivity contribution in [3.8, 4) is 0 Å². The second-order valence-corrected chi connectivity index (χ2v) is 3.64. The van der Waals surface area contributed by atoms with Gasteiger partial charge >= 0.3 is 0 Å². The van der Waals surface area contributed by atoms with Crippen molar-refractivity contribution < 1.29 is 24.8 Å². The predicted octanol–water partition coefficient (Wildman–Crippen LogP) is -2.69. The van der Waals surface area contributed by atoms with Crippen molar-refractivity contribution in [3.63, 3.8) is 0 Å². The van der Waals surface area contributed by atoms with Crippen LogP contribution >= 0.6 is 0 Å². The molecule has 1 rings (SSSR count). The van der Waals surface area contributed by atoms with Crippen molar-refractivity contribution in [2.24, 2.45) is 4.99 Å². The van der Waals surface area contributed by atoms with Crippen LogP contribution in [-0.2, 0) is 4.79 Å². The lowest BCUT2D eigenvalue weighted by molar-refractivity contribution is -0.119. The van der Waals surface area contributed by atoms with E-state index in [-0.39, 0.29) is 30.4 Å². The summed E-state index contributed by atoms with van der Waals surface area (Å²) in [7, 11) is 1.42. The first-order valence-corrected chi connectivity index (χ1v) is 5.61. The predicted molar refractivity (Wildman–Crippen MR) is 66.3 cm³/mol. The summed E-state index contributed by atoms with van der Waals surface area (Å²) in [4.78, 5) is 15.1. The quantitative estimate of drug-likeness (QED) is 0.178. The highest BCUT2D eigenvalue weighted by Gasteiger charge is 2.16. The molecule has 1 amide bonds. The third-order valence-electron chi connectivity index (χ3n) is 2.20. The molecular weight excluding hydrogens is 272 g/mol. The molecule has 6 N–H and O–H groups in total. The Hall–Kier alpha value is -2.24. The highest BCUT2D eigenvalue weighted by atomic mass is 16.6. The number of nitrogens with one attached hydrogen (secondary N) is 3. The molecule has 1 aromatic rings. The topological polar surface area (TPSA) is 165 Å². The molecule has 0 radical (unpaired) electrons. The van der Waals surface area contributed by atoms with E-state index in [0.717, 1.165) is 0 Å². The summed E-state index contributed by atoms with van der Waals surface area (Å²) in [6.07, 6.45) is -1.01. The van der Waals surface area contributed by atoms with Crippen molar-refractivity contribution in [1.29, 1.82) is 0 Å². The van der Waals surface area contributed by atoms with Gasteiger partial charge in [0.2, 0.25) is 11.7 Å². The first-order chi connectivity index (χ1) is 9.62. The van der Waals surface area contributed by atoms with E-state index in [0.29, 0.717) is 0 Å². The number of aliphatic hydroxyl groups is 2. The van der Waals surface area contributed by atoms with Crippen LogP contribution in [0, 0.1) is 0 Å². The van der Waals surface area contributed by atoms with Crippen LogP contribution in [0.5, 0.6) is 0 Å². The summed E-state index contributed by atoms with van der Waals surface area (Å²) in [5.74, 6) is -0.298. The monoisotopic (exact) mass is 288 g/mol. The third kappa shape index (κ3) is 4.46. The zero-order valence-corrected chi connectivity index (χ0v) is 10.7. The Bertz CT molecular complexity index is 461. The molecule has 0 bridgehead atoms. The van der Waals surface area contributed by atoms with Gasteiger partial charge in [0.1, 0.15) is 0 Å². The molecule has 0 saturated carbocycles. The molecule has 0 saturated heterocycles. The van der Waals surface area contributed by atoms with Gasteiger partial charge in [0.25, 0.3) is 0 Å². The fraction of sp³-hybridized carbons (Fsp3) is 0.556. The largest absolute Gasteiger partial charge is 0.394 e. The Morgan fingerprint density at radius 3 is 2.85 bits per heavy atom. The normalized spacial score (nSPS) is 12.9. The van der Waals surface area contributed by atoms with E-state index in [1.54, 1.807) is 0 Å². The lowest BCUT2D eigenvalue weighted by atomic mass is 10.3. The van der Waals surface area contributed by atoms with E-state index < -0.39 is 18.6 Å². The van der Waals surface area contributed by atoms with E-state index in [1.807, 2.05) is 5.48 Å². The molecule has 1 atom stereocenters. The summed E-state index contributed by atoms with van der Waals surface area (Å²) in [6, 6.07) is 0. The van der Waals surface area contributed by atoms with Gasteiger partial charge in [-0.3, -0.25) is 20.5 Å². The van der Waals surface area contributed by atoms with Crippen molar-refractivity contribution >= 4 is 17.6 Å². The second kappa shape index (κ2) is 8.04. The van der Waals surface area contributed by atoms with Crippen LogP contribution in [0.25, 0.3) is 0 Å². The number of hydrogen-bond acceptors (Lipinski definition) is 9. The molecule has 1 aromatic heterocycles. The number of amidine groups is 1. The number of hydroxylamine groups is 1. The smallest absolute Gasteiger partial charge is 0.239 e. The Labute approximate surface area is 113 Å². The number of anilines is 1. The van der Waals surface area contributed by atoms with Gasteiger partial charge in [-0.15, -0.1) is 0 Å². The van der Waals surface area contributed by atoms with Gasteiger partial charge in [0, 0.05) is 13.6 Å². The van der Waals surface area contributed by atoms with Gasteiger partial charge in [0.05, 0.1) is 19.3 Å². The van der Waals surface area contributed by atoms with E-state index in [9.17, 15) is 4.79 Å². The maximum Gasteiger partial charge on any atom is 0.239 e. The fourth-order valence-corrected chi connectivity index (χ4v) is 1.19. The average molecular weight is 288 g/mol. The molecule has 0 aromatic carbocycles. The van der Waals surface area contributed by atoms with Crippen LogP contribution in [0.3, 0.4) is 0 Å². The summed E-state index contributed by atoms with van der Waals surface area (Å²) in [5.41, 5.74) is 1.93. The molecule has 0 fully saturated rings. The first-order valence-electron chi connectivity index (χ1n) is 5.61. The number of aromatic nitrogens is 2. The summed E-state index contributed by atoms with van der Waals surface area (Å²) in [6.45, 7) is -0.674. The average Bonchev–Trinajstić information content (AvgIpc) is 2.92. The van der Waals surface area contributed by atoms with Crippen molar-refractivity contribution in [2.45, 2.75) is 6.10 Å². The van der Waals surface area contributed by atoms with Gasteiger partial charge in [-0.2, -0.15) is 0 Å². The number of rotatable bonds is 7. The van der Waals surface area contributed by atoms with Crippen molar-refractivity contribution in [3.05, 3.63) is 5.69 Å². The first kappa shape index (κ1) is 15.8. The third-order valence-corrected chi connectivity index (χ3v) is 2.20. The minimum absolute atomic E-state index is 0.0184. The zero-order valence-electron chi connectivity index (χ0n) is 10.7. The van der Waals surface area contributed by atoms with E-state index in [4.69, 9.17) is 15.4 Å². The fourth-order valence-electron chi connectivity index (χ4n) is 1.19. The van der Waals surface area contributed by atoms with E-state index in [2.05, 4.69) is 30.6 Å². The molecule has 11 heteroatoms. The molecule has 11 nitrogen and oxygen atoms in total. The Morgan fingerprint density at radius 2 is 2.25 bits per heavy atom. The maximum absolute atomic E-state index is 11.4. The van der Waals surface area contributed by atoms with Crippen LogP contribution in [0.1, 0.15) is 5.69 Å². The van der Waals surface area contributed by atoms with Crippen molar-refractivity contribution in [2.75, 3.05) is 32.1 Å². The number of aliphatic imine (C=N–C) groups is 1. The molecule has 1 heterocycles. The molecule has 0 spiro atoms. The molecule has 0 aliphatic rings. The molecule has 0 aliphatic heterocycles. The van der Waals surface area contributed by atoms with Gasteiger partial charge in [-0.1, -0.05) is 0 Å². The minimum Gasteiger partial charge on any atom is -0.394 e. The van der Waals surface area contributed by atoms with E-state index >= 15 is 0 Å².